The van der Waals surface area contributed by atoms with Crippen LogP contribution in [0.4, 0.5) is 0 Å². The van der Waals surface area contributed by atoms with Crippen molar-refractivity contribution in [1.29, 1.82) is 0 Å². The van der Waals surface area contributed by atoms with Gasteiger partial charge in [-0.05, 0) is 35.0 Å². The van der Waals surface area contributed by atoms with Gasteiger partial charge in [0.05, 0.1) is 19.7 Å². The van der Waals surface area contributed by atoms with Crippen molar-refractivity contribution in [1.82, 2.24) is 4.98 Å². The highest BCUT2D eigenvalue weighted by Crippen LogP contribution is 2.36. The van der Waals surface area contributed by atoms with Gasteiger partial charge in [-0.3, -0.25) is 4.79 Å². The van der Waals surface area contributed by atoms with Gasteiger partial charge in [0.15, 0.2) is 17.2 Å². The van der Waals surface area contributed by atoms with Gasteiger partial charge in [0.1, 0.15) is 0 Å². The first kappa shape index (κ1) is 14.4. The molecule has 4 rings (SSSR count). The molecule has 0 bridgehead atoms. The lowest BCUT2D eigenvalue weighted by molar-refractivity contribution is 0.374. The van der Waals surface area contributed by atoms with Crippen molar-refractivity contribution < 1.29 is 14.6 Å². The van der Waals surface area contributed by atoms with Crippen LogP contribution >= 0.6 is 0 Å². The number of pyridine rings is 1. The van der Waals surface area contributed by atoms with Crippen molar-refractivity contribution in [3.63, 3.8) is 0 Å². The van der Waals surface area contributed by atoms with Crippen LogP contribution in [0.5, 0.6) is 17.2 Å². The van der Waals surface area contributed by atoms with Crippen LogP contribution in [-0.2, 0) is 0 Å². The summed E-state index contributed by atoms with van der Waals surface area (Å²) >= 11 is 0. The molecule has 0 aliphatic rings. The fraction of sp³-hybridized carbons (Fsp3) is 0.105. The van der Waals surface area contributed by atoms with Crippen LogP contribution in [0.1, 0.15) is 0 Å². The van der Waals surface area contributed by atoms with Crippen LogP contribution in [-0.4, -0.2) is 24.3 Å². The summed E-state index contributed by atoms with van der Waals surface area (Å²) in [6, 6.07) is 10.7. The molecule has 3 aromatic carbocycles. The lowest BCUT2D eigenvalue weighted by Crippen LogP contribution is -2.03. The van der Waals surface area contributed by atoms with Gasteiger partial charge in [0, 0.05) is 22.4 Å². The highest BCUT2D eigenvalue weighted by atomic mass is 16.5. The molecule has 0 unspecified atom stereocenters. The first-order valence-electron chi connectivity index (χ1n) is 7.45. The zero-order valence-corrected chi connectivity index (χ0v) is 13.2. The molecule has 4 aromatic rings. The average Bonchev–Trinajstić information content (AvgIpc) is 2.59. The maximum atomic E-state index is 12.0. The number of benzene rings is 3. The number of methoxy groups -OCH3 is 2. The van der Waals surface area contributed by atoms with E-state index in [-0.39, 0.29) is 11.2 Å². The van der Waals surface area contributed by atoms with E-state index in [1.165, 1.54) is 14.2 Å². The van der Waals surface area contributed by atoms with Crippen molar-refractivity contribution in [2.45, 2.75) is 0 Å². The molecule has 0 saturated heterocycles. The number of aromatic amines is 1. The number of rotatable bonds is 2. The topological polar surface area (TPSA) is 71.5 Å². The molecule has 0 saturated carbocycles. The molecule has 0 aliphatic carbocycles. The van der Waals surface area contributed by atoms with Gasteiger partial charge in [-0.1, -0.05) is 12.1 Å². The molecule has 1 heterocycles. The number of phenolic OH excluding ortho intramolecular Hbond substituents is 1. The van der Waals surface area contributed by atoms with Crippen molar-refractivity contribution in [2.24, 2.45) is 0 Å². The second kappa shape index (κ2) is 5.16. The normalized spacial score (nSPS) is 11.2. The Morgan fingerprint density at radius 1 is 0.875 bits per heavy atom. The molecule has 0 aliphatic heterocycles. The number of nitrogens with one attached hydrogen (secondary N) is 1. The monoisotopic (exact) mass is 321 g/mol. The Balaban J connectivity index is 2.17. The quantitative estimate of drug-likeness (QED) is 0.554. The smallest absolute Gasteiger partial charge is 0.220 e. The molecule has 24 heavy (non-hydrogen) atoms. The fourth-order valence-corrected chi connectivity index (χ4v) is 3.12. The average molecular weight is 321 g/mol. The summed E-state index contributed by atoms with van der Waals surface area (Å²) < 4.78 is 10.4. The number of ether oxygens (including phenoxy) is 2. The van der Waals surface area contributed by atoms with E-state index in [0.717, 1.165) is 32.4 Å². The lowest BCUT2D eigenvalue weighted by atomic mass is 10.0. The minimum atomic E-state index is -0.142. The van der Waals surface area contributed by atoms with E-state index in [2.05, 4.69) is 4.98 Å². The number of hydrogen-bond donors (Lipinski definition) is 2. The number of hydrogen-bond acceptors (Lipinski definition) is 4. The van der Waals surface area contributed by atoms with Gasteiger partial charge < -0.3 is 19.6 Å². The second-order valence-corrected chi connectivity index (χ2v) is 5.61. The Labute approximate surface area is 137 Å². The molecule has 2 N–H and O–H groups in total. The lowest BCUT2D eigenvalue weighted by Gasteiger charge is -2.11. The van der Waals surface area contributed by atoms with Gasteiger partial charge in [0.2, 0.25) is 5.43 Å². The van der Waals surface area contributed by atoms with Crippen LogP contribution in [0.2, 0.25) is 0 Å². The molecule has 5 heteroatoms. The van der Waals surface area contributed by atoms with Gasteiger partial charge >= 0.3 is 0 Å². The molecule has 0 atom stereocenters. The molecule has 0 radical (unpaired) electrons. The van der Waals surface area contributed by atoms with E-state index in [0.29, 0.717) is 11.5 Å². The van der Waals surface area contributed by atoms with Crippen LogP contribution < -0.4 is 14.9 Å². The third kappa shape index (κ3) is 1.98. The zero-order valence-electron chi connectivity index (χ0n) is 13.2. The largest absolute Gasteiger partial charge is 0.504 e. The van der Waals surface area contributed by atoms with Crippen LogP contribution in [0.25, 0.3) is 32.4 Å². The number of H-pyrrole nitrogens is 1. The Hall–Kier alpha value is -3.21. The Bertz CT molecular complexity index is 1160. The molecule has 0 fully saturated rings. The summed E-state index contributed by atoms with van der Waals surface area (Å²) in [7, 11) is 3.01. The predicted molar refractivity (Wildman–Crippen MR) is 94.3 cm³/mol. The standard InChI is InChI=1S/C19H15NO4/c1-23-17-7-13-11(6-16(17)22)9-20-19-12(13)4-3-10-5-15(21)18(24-2)8-14(10)19/h3-9,20,22H,1-2H3. The highest BCUT2D eigenvalue weighted by molar-refractivity contribution is 6.15. The molecule has 120 valence electrons. The fourth-order valence-electron chi connectivity index (χ4n) is 3.12. The third-order valence-electron chi connectivity index (χ3n) is 4.32. The first-order chi connectivity index (χ1) is 11.6. The third-order valence-corrected chi connectivity index (χ3v) is 4.32. The van der Waals surface area contributed by atoms with E-state index >= 15 is 0 Å². The SMILES string of the molecule is COc1cc2c(c[nH]c3c4cc(OC)c(=O)cc4ccc23)cc1O. The van der Waals surface area contributed by atoms with Crippen LogP contribution in [0.15, 0.2) is 47.4 Å². The van der Waals surface area contributed by atoms with Crippen molar-refractivity contribution in [2.75, 3.05) is 14.2 Å². The first-order valence-corrected chi connectivity index (χ1v) is 7.45. The van der Waals surface area contributed by atoms with Gasteiger partial charge in [-0.2, -0.15) is 0 Å². The summed E-state index contributed by atoms with van der Waals surface area (Å²) in [6.45, 7) is 0. The van der Waals surface area contributed by atoms with E-state index in [1.807, 2.05) is 24.4 Å². The number of phenols is 1. The minimum absolute atomic E-state index is 0.0937. The van der Waals surface area contributed by atoms with Gasteiger partial charge in [-0.15, -0.1) is 0 Å². The second-order valence-electron chi connectivity index (χ2n) is 5.61. The minimum Gasteiger partial charge on any atom is -0.504 e. The Kier molecular flexibility index (Phi) is 3.09. The zero-order chi connectivity index (χ0) is 16.8. The van der Waals surface area contributed by atoms with Crippen LogP contribution in [0, 0.1) is 0 Å². The van der Waals surface area contributed by atoms with E-state index in [9.17, 15) is 9.90 Å². The number of fused-ring (bicyclic) bond motifs is 5. The molecule has 5 nitrogen and oxygen atoms in total. The van der Waals surface area contributed by atoms with Gasteiger partial charge in [-0.25, -0.2) is 0 Å². The molecule has 0 amide bonds. The maximum absolute atomic E-state index is 12.0. The van der Waals surface area contributed by atoms with E-state index in [1.54, 1.807) is 18.2 Å². The Morgan fingerprint density at radius 3 is 2.38 bits per heavy atom. The van der Waals surface area contributed by atoms with E-state index in [4.69, 9.17) is 9.47 Å². The van der Waals surface area contributed by atoms with Gasteiger partial charge in [0.25, 0.3) is 0 Å². The molecule has 1 aromatic heterocycles. The van der Waals surface area contributed by atoms with Crippen molar-refractivity contribution >= 4 is 32.4 Å². The molecule has 0 spiro atoms. The van der Waals surface area contributed by atoms with E-state index < -0.39 is 0 Å². The van der Waals surface area contributed by atoms with Crippen LogP contribution in [0.3, 0.4) is 0 Å². The summed E-state index contributed by atoms with van der Waals surface area (Å²) in [5, 5.41) is 14.5. The molecular weight excluding hydrogens is 306 g/mol. The summed E-state index contributed by atoms with van der Waals surface area (Å²) in [5.74, 6) is 0.825. The summed E-state index contributed by atoms with van der Waals surface area (Å²) in [6.07, 6.45) is 1.83. The number of aromatic nitrogens is 1. The van der Waals surface area contributed by atoms with Crippen molar-refractivity contribution in [3.05, 3.63) is 52.8 Å². The van der Waals surface area contributed by atoms with Crippen molar-refractivity contribution in [3.8, 4) is 17.2 Å². The maximum Gasteiger partial charge on any atom is 0.220 e. The molecular formula is C19H15NO4. The predicted octanol–water partition coefficient (Wildman–Crippen LogP) is 3.56. The number of aromatic hydroxyl groups is 1. The summed E-state index contributed by atoms with van der Waals surface area (Å²) in [5.41, 5.74) is 0.753. The summed E-state index contributed by atoms with van der Waals surface area (Å²) in [4.78, 5) is 15.2. The Morgan fingerprint density at radius 2 is 1.62 bits per heavy atom. The highest BCUT2D eigenvalue weighted by Gasteiger charge is 2.11.